The molecule has 0 unspecified atom stereocenters. The van der Waals surface area contributed by atoms with E-state index in [0.29, 0.717) is 53.0 Å². The zero-order valence-electron chi connectivity index (χ0n) is 17.8. The third kappa shape index (κ3) is 5.21. The second kappa shape index (κ2) is 9.68. The first-order valence-corrected chi connectivity index (χ1v) is 11.1. The van der Waals surface area contributed by atoms with Crippen molar-refractivity contribution in [2.75, 3.05) is 31.5 Å². The molecule has 9 heteroatoms. The SMILES string of the molecule is Cc1ccc(C(=O)N2CCN(C(=O)c3cc(Cl)cc(Cl)c3)CC2)cc1NC(=O)c1ccco1. The van der Waals surface area contributed by atoms with Crippen LogP contribution in [-0.4, -0.2) is 53.7 Å². The van der Waals surface area contributed by atoms with Gasteiger partial charge in [-0.3, -0.25) is 14.4 Å². The van der Waals surface area contributed by atoms with Crippen molar-refractivity contribution in [1.29, 1.82) is 0 Å². The van der Waals surface area contributed by atoms with Crippen LogP contribution >= 0.6 is 23.2 Å². The molecule has 0 spiro atoms. The molecule has 3 aromatic rings. The second-order valence-electron chi connectivity index (χ2n) is 7.70. The number of amides is 3. The summed E-state index contributed by atoms with van der Waals surface area (Å²) in [6.45, 7) is 3.41. The summed E-state index contributed by atoms with van der Waals surface area (Å²) in [6.07, 6.45) is 1.42. The summed E-state index contributed by atoms with van der Waals surface area (Å²) in [4.78, 5) is 41.5. The van der Waals surface area contributed by atoms with Gasteiger partial charge in [0.25, 0.3) is 17.7 Å². The zero-order chi connectivity index (χ0) is 23.5. The van der Waals surface area contributed by atoms with Gasteiger partial charge in [0.1, 0.15) is 0 Å². The van der Waals surface area contributed by atoms with Crippen molar-refractivity contribution in [1.82, 2.24) is 9.80 Å². The number of carbonyl (C=O) groups is 3. The van der Waals surface area contributed by atoms with Gasteiger partial charge in [-0.1, -0.05) is 29.3 Å². The molecule has 1 aliphatic rings. The summed E-state index contributed by atoms with van der Waals surface area (Å²) in [5.74, 6) is -0.542. The molecule has 0 atom stereocenters. The summed E-state index contributed by atoms with van der Waals surface area (Å²) in [7, 11) is 0. The van der Waals surface area contributed by atoms with Crippen LogP contribution in [0.4, 0.5) is 5.69 Å². The van der Waals surface area contributed by atoms with E-state index in [1.165, 1.54) is 6.26 Å². The molecule has 4 rings (SSSR count). The summed E-state index contributed by atoms with van der Waals surface area (Å²) in [5, 5.41) is 3.58. The first-order valence-electron chi connectivity index (χ1n) is 10.3. The average Bonchev–Trinajstić information content (AvgIpc) is 3.34. The molecule has 33 heavy (non-hydrogen) atoms. The zero-order valence-corrected chi connectivity index (χ0v) is 19.3. The van der Waals surface area contributed by atoms with Gasteiger partial charge in [0.2, 0.25) is 0 Å². The van der Waals surface area contributed by atoms with E-state index in [4.69, 9.17) is 27.6 Å². The van der Waals surface area contributed by atoms with E-state index in [0.717, 1.165) is 5.56 Å². The molecule has 0 aliphatic carbocycles. The second-order valence-corrected chi connectivity index (χ2v) is 8.58. The summed E-state index contributed by atoms with van der Waals surface area (Å²) < 4.78 is 5.12. The molecule has 1 fully saturated rings. The smallest absolute Gasteiger partial charge is 0.291 e. The first kappa shape index (κ1) is 22.9. The minimum atomic E-state index is -0.388. The van der Waals surface area contributed by atoms with E-state index in [1.807, 2.05) is 6.92 Å². The van der Waals surface area contributed by atoms with Gasteiger partial charge in [0.15, 0.2) is 5.76 Å². The van der Waals surface area contributed by atoms with Crippen LogP contribution in [0.2, 0.25) is 10.0 Å². The number of nitrogens with one attached hydrogen (secondary N) is 1. The fourth-order valence-electron chi connectivity index (χ4n) is 3.64. The number of piperazine rings is 1. The Hall–Kier alpha value is -3.29. The molecular formula is C24H21Cl2N3O4. The molecule has 7 nitrogen and oxygen atoms in total. The van der Waals surface area contributed by atoms with E-state index >= 15 is 0 Å². The molecule has 0 bridgehead atoms. The number of rotatable bonds is 4. The monoisotopic (exact) mass is 485 g/mol. The lowest BCUT2D eigenvalue weighted by Gasteiger charge is -2.35. The quantitative estimate of drug-likeness (QED) is 0.578. The molecule has 1 aromatic heterocycles. The van der Waals surface area contributed by atoms with Crippen LogP contribution in [0.15, 0.2) is 59.2 Å². The summed E-state index contributed by atoms with van der Waals surface area (Å²) in [6, 6.07) is 13.1. The van der Waals surface area contributed by atoms with Gasteiger partial charge < -0.3 is 19.5 Å². The van der Waals surface area contributed by atoms with Gasteiger partial charge >= 0.3 is 0 Å². The minimum absolute atomic E-state index is 0.165. The minimum Gasteiger partial charge on any atom is -0.459 e. The van der Waals surface area contributed by atoms with E-state index in [9.17, 15) is 14.4 Å². The maximum absolute atomic E-state index is 13.1. The van der Waals surface area contributed by atoms with E-state index in [2.05, 4.69) is 5.32 Å². The average molecular weight is 486 g/mol. The lowest BCUT2D eigenvalue weighted by Crippen LogP contribution is -2.50. The van der Waals surface area contributed by atoms with Crippen LogP contribution in [0.25, 0.3) is 0 Å². The molecule has 2 aromatic carbocycles. The molecule has 3 amide bonds. The third-order valence-corrected chi connectivity index (χ3v) is 5.88. The van der Waals surface area contributed by atoms with Crippen LogP contribution in [0.1, 0.15) is 36.8 Å². The topological polar surface area (TPSA) is 82.9 Å². The van der Waals surface area contributed by atoms with E-state index in [-0.39, 0.29) is 23.5 Å². The fourth-order valence-corrected chi connectivity index (χ4v) is 4.16. The number of nitrogens with zero attached hydrogens (tertiary/aromatic N) is 2. The number of anilines is 1. The summed E-state index contributed by atoms with van der Waals surface area (Å²) >= 11 is 12.0. The summed E-state index contributed by atoms with van der Waals surface area (Å²) in [5.41, 5.74) is 2.23. The highest BCUT2D eigenvalue weighted by molar-refractivity contribution is 6.35. The van der Waals surface area contributed by atoms with Gasteiger partial charge in [0, 0.05) is 53.0 Å². The van der Waals surface area contributed by atoms with Crippen LogP contribution in [0, 0.1) is 6.92 Å². The van der Waals surface area contributed by atoms with Crippen molar-refractivity contribution >= 4 is 46.6 Å². The Morgan fingerprint density at radius 3 is 2.03 bits per heavy atom. The number of furan rings is 1. The Balaban J connectivity index is 1.41. The Labute approximate surface area is 200 Å². The highest BCUT2D eigenvalue weighted by Gasteiger charge is 2.26. The van der Waals surface area contributed by atoms with Crippen LogP contribution in [0.3, 0.4) is 0 Å². The van der Waals surface area contributed by atoms with Gasteiger partial charge in [-0.25, -0.2) is 0 Å². The lowest BCUT2D eigenvalue weighted by molar-refractivity contribution is 0.0535. The lowest BCUT2D eigenvalue weighted by atomic mass is 10.1. The largest absolute Gasteiger partial charge is 0.459 e. The number of benzene rings is 2. The van der Waals surface area contributed by atoms with Crippen molar-refractivity contribution in [3.8, 4) is 0 Å². The highest BCUT2D eigenvalue weighted by atomic mass is 35.5. The number of hydrogen-bond acceptors (Lipinski definition) is 4. The van der Waals surface area contributed by atoms with Gasteiger partial charge in [-0.2, -0.15) is 0 Å². The van der Waals surface area contributed by atoms with Crippen molar-refractivity contribution in [3.05, 3.63) is 87.3 Å². The normalized spacial score (nSPS) is 13.7. The van der Waals surface area contributed by atoms with Crippen molar-refractivity contribution in [2.24, 2.45) is 0 Å². The van der Waals surface area contributed by atoms with Gasteiger partial charge in [-0.05, 0) is 55.0 Å². The van der Waals surface area contributed by atoms with Crippen molar-refractivity contribution in [2.45, 2.75) is 6.92 Å². The maximum atomic E-state index is 13.1. The van der Waals surface area contributed by atoms with E-state index in [1.54, 1.807) is 58.3 Å². The molecule has 1 aliphatic heterocycles. The van der Waals surface area contributed by atoms with Crippen LogP contribution < -0.4 is 5.32 Å². The molecule has 2 heterocycles. The van der Waals surface area contributed by atoms with Crippen molar-refractivity contribution in [3.63, 3.8) is 0 Å². The Kier molecular flexibility index (Phi) is 6.72. The third-order valence-electron chi connectivity index (χ3n) is 5.44. The number of aryl methyl sites for hydroxylation is 1. The molecule has 0 radical (unpaired) electrons. The van der Waals surface area contributed by atoms with Gasteiger partial charge in [0.05, 0.1) is 6.26 Å². The Morgan fingerprint density at radius 2 is 1.45 bits per heavy atom. The number of carbonyl (C=O) groups excluding carboxylic acids is 3. The van der Waals surface area contributed by atoms with Crippen molar-refractivity contribution < 1.29 is 18.8 Å². The predicted octanol–water partition coefficient (Wildman–Crippen LogP) is 4.75. The molecule has 170 valence electrons. The van der Waals surface area contributed by atoms with E-state index < -0.39 is 0 Å². The fraction of sp³-hybridized carbons (Fsp3) is 0.208. The maximum Gasteiger partial charge on any atom is 0.291 e. The molecule has 0 saturated carbocycles. The van der Waals surface area contributed by atoms with Crippen LogP contribution in [0.5, 0.6) is 0 Å². The number of halogens is 2. The molecule has 1 saturated heterocycles. The highest BCUT2D eigenvalue weighted by Crippen LogP contribution is 2.22. The molecular weight excluding hydrogens is 465 g/mol. The Bertz CT molecular complexity index is 1180. The predicted molar refractivity (Wildman–Crippen MR) is 126 cm³/mol. The Morgan fingerprint density at radius 1 is 0.848 bits per heavy atom. The standard InChI is InChI=1S/C24H21Cl2N3O4/c1-15-4-5-16(13-20(15)27-22(30)21-3-2-10-33-21)23(31)28-6-8-29(9-7-28)24(32)17-11-18(25)14-19(26)12-17/h2-5,10-14H,6-9H2,1H3,(H,27,30). The first-order chi connectivity index (χ1) is 15.8. The van der Waals surface area contributed by atoms with Gasteiger partial charge in [-0.15, -0.1) is 0 Å². The number of hydrogen-bond donors (Lipinski definition) is 1. The van der Waals surface area contributed by atoms with Crippen LogP contribution in [-0.2, 0) is 0 Å². The molecule has 1 N–H and O–H groups in total.